The van der Waals surface area contributed by atoms with Crippen molar-refractivity contribution in [1.29, 1.82) is 0 Å². The number of allylic oxidation sites excluding steroid dienone is 1. The smallest absolute Gasteiger partial charge is 0.223 e. The van der Waals surface area contributed by atoms with Crippen molar-refractivity contribution in [2.75, 3.05) is 5.32 Å². The summed E-state index contributed by atoms with van der Waals surface area (Å²) < 4.78 is 2.00. The molecule has 2 N–H and O–H groups in total. The first-order valence-corrected chi connectivity index (χ1v) is 11.4. The van der Waals surface area contributed by atoms with Crippen LogP contribution in [0, 0.1) is 6.92 Å². The van der Waals surface area contributed by atoms with Crippen LogP contribution in [-0.4, -0.2) is 42.1 Å². The van der Waals surface area contributed by atoms with E-state index in [0.29, 0.717) is 12.4 Å². The van der Waals surface area contributed by atoms with E-state index >= 15 is 0 Å². The van der Waals surface area contributed by atoms with Crippen LogP contribution in [0.3, 0.4) is 0 Å². The fourth-order valence-electron chi connectivity index (χ4n) is 4.89. The summed E-state index contributed by atoms with van der Waals surface area (Å²) in [6.45, 7) is 8.13. The molecule has 0 bridgehead atoms. The lowest BCUT2D eigenvalue weighted by molar-refractivity contribution is -0.124. The molecule has 8 heteroatoms. The summed E-state index contributed by atoms with van der Waals surface area (Å²) in [6.07, 6.45) is 9.49. The van der Waals surface area contributed by atoms with E-state index in [2.05, 4.69) is 58.0 Å². The van der Waals surface area contributed by atoms with Crippen molar-refractivity contribution in [2.45, 2.75) is 70.9 Å². The maximum Gasteiger partial charge on any atom is 0.223 e. The fourth-order valence-corrected chi connectivity index (χ4v) is 4.89. The number of anilines is 1. The van der Waals surface area contributed by atoms with Gasteiger partial charge < -0.3 is 10.6 Å². The number of aryl methyl sites for hydroxylation is 1. The van der Waals surface area contributed by atoms with Crippen molar-refractivity contribution in [3.8, 4) is 0 Å². The predicted molar refractivity (Wildman–Crippen MR) is 123 cm³/mol. The van der Waals surface area contributed by atoms with E-state index in [0.717, 1.165) is 53.1 Å². The molecular formula is C24H29N7O. The Morgan fingerprint density at radius 3 is 2.81 bits per heavy atom. The van der Waals surface area contributed by atoms with E-state index in [4.69, 9.17) is 4.98 Å². The van der Waals surface area contributed by atoms with E-state index < -0.39 is 0 Å². The van der Waals surface area contributed by atoms with Crippen LogP contribution in [0.25, 0.3) is 11.2 Å². The number of fused-ring (bicyclic) bond motifs is 2. The number of rotatable bonds is 6. The number of carbonyl (C=O) groups is 1. The van der Waals surface area contributed by atoms with Crippen LogP contribution in [0.2, 0.25) is 0 Å². The lowest BCUT2D eigenvalue weighted by atomic mass is 9.70. The highest BCUT2D eigenvalue weighted by atomic mass is 16.1. The lowest BCUT2D eigenvalue weighted by Gasteiger charge is -2.48. The Bertz CT molecular complexity index is 1220. The topological polar surface area (TPSA) is 97.1 Å². The number of aromatic nitrogens is 5. The SMILES string of the molecule is CCC(=O)NC1(CC)CC(Nc2ncc3c(n2)[C@@H](C)C=C3c2ccc3nnc(C)n3c2)C1. The first-order valence-electron chi connectivity index (χ1n) is 11.4. The second-order valence-electron chi connectivity index (χ2n) is 9.04. The zero-order valence-electron chi connectivity index (χ0n) is 19.0. The summed E-state index contributed by atoms with van der Waals surface area (Å²) in [5.41, 5.74) is 5.10. The molecule has 0 aromatic carbocycles. The van der Waals surface area contributed by atoms with Crippen LogP contribution in [0.4, 0.5) is 5.95 Å². The number of pyridine rings is 1. The molecule has 0 unspecified atom stereocenters. The number of hydrogen-bond donors (Lipinski definition) is 2. The minimum Gasteiger partial charge on any atom is -0.351 e. The van der Waals surface area contributed by atoms with Crippen molar-refractivity contribution in [2.24, 2.45) is 0 Å². The van der Waals surface area contributed by atoms with Crippen LogP contribution >= 0.6 is 0 Å². The molecule has 5 rings (SSSR count). The first-order chi connectivity index (χ1) is 15.4. The van der Waals surface area contributed by atoms with Crippen molar-refractivity contribution in [3.63, 3.8) is 0 Å². The van der Waals surface area contributed by atoms with Gasteiger partial charge in [0, 0.05) is 41.9 Å². The molecule has 0 radical (unpaired) electrons. The average Bonchev–Trinajstić information content (AvgIpc) is 3.31. The molecule has 3 aromatic rings. The van der Waals surface area contributed by atoms with Crippen LogP contribution in [0.15, 0.2) is 30.6 Å². The molecule has 1 atom stereocenters. The van der Waals surface area contributed by atoms with Crippen molar-refractivity contribution in [1.82, 2.24) is 29.9 Å². The zero-order chi connectivity index (χ0) is 22.5. The first kappa shape index (κ1) is 20.6. The molecule has 0 saturated heterocycles. The molecule has 166 valence electrons. The number of nitrogens with zero attached hydrogens (tertiary/aromatic N) is 5. The monoisotopic (exact) mass is 431 g/mol. The minimum absolute atomic E-state index is 0.0948. The molecule has 0 spiro atoms. The Labute approximate surface area is 187 Å². The van der Waals surface area contributed by atoms with E-state index in [1.807, 2.05) is 30.5 Å². The number of hydrogen-bond acceptors (Lipinski definition) is 6. The molecule has 3 heterocycles. The maximum absolute atomic E-state index is 11.9. The quantitative estimate of drug-likeness (QED) is 0.619. The van der Waals surface area contributed by atoms with Gasteiger partial charge in [-0.15, -0.1) is 10.2 Å². The highest BCUT2D eigenvalue weighted by molar-refractivity contribution is 5.85. The Kier molecular flexibility index (Phi) is 4.95. The van der Waals surface area contributed by atoms with Gasteiger partial charge in [-0.1, -0.05) is 26.8 Å². The Morgan fingerprint density at radius 2 is 2.06 bits per heavy atom. The fraction of sp³-hybridized carbons (Fsp3) is 0.458. The van der Waals surface area contributed by atoms with E-state index in [1.165, 1.54) is 0 Å². The van der Waals surface area contributed by atoms with Gasteiger partial charge in [-0.25, -0.2) is 9.97 Å². The van der Waals surface area contributed by atoms with Gasteiger partial charge in [0.2, 0.25) is 11.9 Å². The summed E-state index contributed by atoms with van der Waals surface area (Å²) in [4.78, 5) is 21.3. The van der Waals surface area contributed by atoms with Gasteiger partial charge in [-0.3, -0.25) is 9.20 Å². The highest BCUT2D eigenvalue weighted by Gasteiger charge is 2.44. The van der Waals surface area contributed by atoms with Crippen molar-refractivity contribution >= 4 is 23.1 Å². The predicted octanol–water partition coefficient (Wildman–Crippen LogP) is 3.63. The number of nitrogens with one attached hydrogen (secondary N) is 2. The van der Waals surface area contributed by atoms with Crippen molar-refractivity contribution in [3.05, 3.63) is 53.2 Å². The van der Waals surface area contributed by atoms with Crippen molar-refractivity contribution < 1.29 is 4.79 Å². The van der Waals surface area contributed by atoms with Crippen LogP contribution in [-0.2, 0) is 4.79 Å². The van der Waals surface area contributed by atoms with Gasteiger partial charge in [-0.2, -0.15) is 0 Å². The summed E-state index contributed by atoms with van der Waals surface area (Å²) >= 11 is 0. The van der Waals surface area contributed by atoms with Crippen LogP contribution in [0.5, 0.6) is 0 Å². The molecule has 1 amide bonds. The third-order valence-corrected chi connectivity index (χ3v) is 6.85. The molecule has 1 fully saturated rings. The maximum atomic E-state index is 11.9. The molecule has 0 aliphatic heterocycles. The molecule has 2 aliphatic carbocycles. The number of carbonyl (C=O) groups excluding carboxylic acids is 1. The third-order valence-electron chi connectivity index (χ3n) is 6.85. The minimum atomic E-state index is -0.0948. The Hall–Kier alpha value is -3.29. The molecule has 8 nitrogen and oxygen atoms in total. The normalized spacial score (nSPS) is 24.1. The lowest BCUT2D eigenvalue weighted by Crippen LogP contribution is -2.60. The Balaban J connectivity index is 1.33. The second kappa shape index (κ2) is 7.69. The third kappa shape index (κ3) is 3.43. The number of amides is 1. The van der Waals surface area contributed by atoms with E-state index in [1.54, 1.807) is 0 Å². The van der Waals surface area contributed by atoms with E-state index in [-0.39, 0.29) is 23.4 Å². The Morgan fingerprint density at radius 1 is 1.25 bits per heavy atom. The zero-order valence-corrected chi connectivity index (χ0v) is 19.0. The van der Waals surface area contributed by atoms with Crippen LogP contribution in [0.1, 0.15) is 75.0 Å². The standard InChI is InChI=1S/C24H29N7O/c1-5-21(32)28-24(6-2)10-17(11-24)26-23-25-12-19-18(9-14(3)22(19)27-23)16-7-8-20-30-29-15(4)31(20)13-16/h7-9,12-14,17H,5-6,10-11H2,1-4H3,(H,28,32)(H,25,26,27)/t14-,17?,24?/m0/s1. The molecule has 1 saturated carbocycles. The van der Waals surface area contributed by atoms with Gasteiger partial charge in [-0.05, 0) is 49.5 Å². The van der Waals surface area contributed by atoms with Gasteiger partial charge in [0.15, 0.2) is 5.65 Å². The highest BCUT2D eigenvalue weighted by Crippen LogP contribution is 2.40. The molecule has 2 aliphatic rings. The molecule has 3 aromatic heterocycles. The summed E-state index contributed by atoms with van der Waals surface area (Å²) in [5, 5.41) is 15.0. The van der Waals surface area contributed by atoms with Crippen LogP contribution < -0.4 is 10.6 Å². The summed E-state index contributed by atoms with van der Waals surface area (Å²) in [6, 6.07) is 4.34. The van der Waals surface area contributed by atoms with Gasteiger partial charge in [0.05, 0.1) is 5.69 Å². The summed E-state index contributed by atoms with van der Waals surface area (Å²) in [5.74, 6) is 1.85. The molecular weight excluding hydrogens is 402 g/mol. The average molecular weight is 432 g/mol. The summed E-state index contributed by atoms with van der Waals surface area (Å²) in [7, 11) is 0. The second-order valence-corrected chi connectivity index (χ2v) is 9.04. The van der Waals surface area contributed by atoms with E-state index in [9.17, 15) is 4.79 Å². The largest absolute Gasteiger partial charge is 0.351 e. The van der Waals surface area contributed by atoms with Gasteiger partial charge >= 0.3 is 0 Å². The molecule has 32 heavy (non-hydrogen) atoms. The van der Waals surface area contributed by atoms with Gasteiger partial charge in [0.1, 0.15) is 5.82 Å². The van der Waals surface area contributed by atoms with Gasteiger partial charge in [0.25, 0.3) is 0 Å².